The molecule has 0 saturated carbocycles. The first-order valence-corrected chi connectivity index (χ1v) is 13.5. The second-order valence-electron chi connectivity index (χ2n) is 9.34. The van der Waals surface area contributed by atoms with E-state index in [0.717, 1.165) is 26.1 Å². The molecule has 0 spiro atoms. The van der Waals surface area contributed by atoms with Gasteiger partial charge in [-0.25, -0.2) is 0 Å². The van der Waals surface area contributed by atoms with Gasteiger partial charge in [0.2, 0.25) is 0 Å². The quantitative estimate of drug-likeness (QED) is 0.161. The summed E-state index contributed by atoms with van der Waals surface area (Å²) in [5.41, 5.74) is 0. The van der Waals surface area contributed by atoms with Crippen LogP contribution in [0, 0.1) is 0 Å². The van der Waals surface area contributed by atoms with E-state index in [1.165, 1.54) is 103 Å². The summed E-state index contributed by atoms with van der Waals surface area (Å²) in [5.74, 6) is -0.670. The second-order valence-corrected chi connectivity index (χ2v) is 9.34. The van der Waals surface area contributed by atoms with Crippen molar-refractivity contribution in [2.75, 3.05) is 13.2 Å². The van der Waals surface area contributed by atoms with Crippen LogP contribution in [0.1, 0.15) is 143 Å². The molecule has 2 aliphatic heterocycles. The van der Waals surface area contributed by atoms with Crippen molar-refractivity contribution < 1.29 is 19.4 Å². The predicted molar refractivity (Wildman–Crippen MR) is 132 cm³/mol. The minimum Gasteiger partial charge on any atom is -0.481 e. The molecule has 0 aliphatic carbocycles. The molecule has 0 bridgehead atoms. The number of hydrogen-bond donors (Lipinski definition) is 1. The van der Waals surface area contributed by atoms with Gasteiger partial charge in [0.1, 0.15) is 0 Å². The maximum atomic E-state index is 10.0. The first kappa shape index (κ1) is 30.4. The molecule has 2 aliphatic rings. The van der Waals surface area contributed by atoms with E-state index in [1.54, 1.807) is 0 Å². The summed E-state index contributed by atoms with van der Waals surface area (Å²) >= 11 is 0. The van der Waals surface area contributed by atoms with Crippen molar-refractivity contribution in [1.82, 2.24) is 0 Å². The fraction of sp³-hybridized carbons (Fsp3) is 0.963. The van der Waals surface area contributed by atoms with Crippen LogP contribution in [-0.4, -0.2) is 36.5 Å². The summed E-state index contributed by atoms with van der Waals surface area (Å²) < 4.78 is 9.92. The van der Waals surface area contributed by atoms with Crippen molar-refractivity contribution in [3.8, 4) is 0 Å². The van der Waals surface area contributed by atoms with Gasteiger partial charge < -0.3 is 14.6 Å². The lowest BCUT2D eigenvalue weighted by atomic mass is 10.0. The highest BCUT2D eigenvalue weighted by Crippen LogP contribution is 2.18. The van der Waals surface area contributed by atoms with Crippen molar-refractivity contribution in [3.05, 3.63) is 0 Å². The Labute approximate surface area is 193 Å². The predicted octanol–water partition coefficient (Wildman–Crippen LogP) is 8.31. The van der Waals surface area contributed by atoms with Gasteiger partial charge in [-0.3, -0.25) is 4.79 Å². The first-order chi connectivity index (χ1) is 15.1. The summed E-state index contributed by atoms with van der Waals surface area (Å²) in [6, 6.07) is 0. The van der Waals surface area contributed by atoms with E-state index in [1.807, 2.05) is 0 Å². The molecule has 1 N–H and O–H groups in total. The fourth-order valence-corrected chi connectivity index (χ4v) is 3.42. The maximum Gasteiger partial charge on any atom is 0.303 e. The van der Waals surface area contributed by atoms with Crippen LogP contribution >= 0.6 is 0 Å². The maximum absolute atomic E-state index is 10.0. The van der Waals surface area contributed by atoms with E-state index in [9.17, 15) is 4.79 Å². The largest absolute Gasteiger partial charge is 0.481 e. The lowest BCUT2D eigenvalue weighted by molar-refractivity contribution is -0.137. The van der Waals surface area contributed by atoms with Crippen LogP contribution in [0.5, 0.6) is 0 Å². The number of ether oxygens (including phenoxy) is 2. The van der Waals surface area contributed by atoms with Gasteiger partial charge in [-0.2, -0.15) is 0 Å². The highest BCUT2D eigenvalue weighted by atomic mass is 16.6. The summed E-state index contributed by atoms with van der Waals surface area (Å²) in [7, 11) is 0. The van der Waals surface area contributed by atoms with Gasteiger partial charge in [0.15, 0.2) is 0 Å². The minimum atomic E-state index is -0.670. The highest BCUT2D eigenvalue weighted by Gasteiger charge is 2.20. The van der Waals surface area contributed by atoms with E-state index >= 15 is 0 Å². The van der Waals surface area contributed by atoms with Crippen LogP contribution in [0.2, 0.25) is 0 Å². The minimum absolute atomic E-state index is 0.337. The zero-order valence-corrected chi connectivity index (χ0v) is 21.2. The molecule has 4 nitrogen and oxygen atoms in total. The highest BCUT2D eigenvalue weighted by molar-refractivity contribution is 5.66. The topological polar surface area (TPSA) is 62.4 Å². The Bertz CT molecular complexity index is 364. The lowest BCUT2D eigenvalue weighted by Crippen LogP contribution is -1.93. The number of rotatable bonds is 19. The summed E-state index contributed by atoms with van der Waals surface area (Å²) in [6.07, 6.45) is 25.8. The monoisotopic (exact) mass is 442 g/mol. The molecule has 0 aromatic rings. The van der Waals surface area contributed by atoms with Gasteiger partial charge in [0.25, 0.3) is 0 Å². The van der Waals surface area contributed by atoms with Crippen LogP contribution < -0.4 is 0 Å². The Balaban J connectivity index is 0.000000537. The number of carbonyl (C=O) groups is 1. The molecule has 2 fully saturated rings. The van der Waals surface area contributed by atoms with E-state index in [2.05, 4.69) is 20.8 Å². The normalized spacial score (nSPS) is 18.4. The van der Waals surface area contributed by atoms with Gasteiger partial charge in [-0.15, -0.1) is 0 Å². The Morgan fingerprint density at radius 3 is 1.35 bits per heavy atom. The second kappa shape index (κ2) is 24.0. The van der Waals surface area contributed by atoms with Crippen LogP contribution in [0.3, 0.4) is 0 Å². The van der Waals surface area contributed by atoms with Crippen LogP contribution in [0.25, 0.3) is 0 Å². The van der Waals surface area contributed by atoms with Crippen molar-refractivity contribution in [1.29, 1.82) is 0 Å². The molecule has 31 heavy (non-hydrogen) atoms. The molecule has 0 radical (unpaired) electrons. The Morgan fingerprint density at radius 1 is 0.677 bits per heavy atom. The number of carboxylic acid groups (broad SMARTS) is 1. The van der Waals surface area contributed by atoms with Gasteiger partial charge >= 0.3 is 5.97 Å². The van der Waals surface area contributed by atoms with E-state index < -0.39 is 5.97 Å². The van der Waals surface area contributed by atoms with Crippen LogP contribution in [0.4, 0.5) is 0 Å². The third-order valence-electron chi connectivity index (χ3n) is 5.78. The average molecular weight is 443 g/mol. The zero-order chi connectivity index (χ0) is 23.0. The molecule has 186 valence electrons. The van der Waals surface area contributed by atoms with Gasteiger partial charge in [0, 0.05) is 6.42 Å². The number of unbranched alkanes of at least 4 members (excludes halogenated alkanes) is 15. The fourth-order valence-electron chi connectivity index (χ4n) is 3.42. The number of epoxide rings is 2. The lowest BCUT2D eigenvalue weighted by Gasteiger charge is -2.02. The number of hydrogen-bond acceptors (Lipinski definition) is 3. The van der Waals surface area contributed by atoms with Gasteiger partial charge in [-0.05, 0) is 19.8 Å². The average Bonchev–Trinajstić information content (AvgIpc) is 3.68. The molecular weight excluding hydrogens is 388 g/mol. The van der Waals surface area contributed by atoms with Crippen LogP contribution in [0.15, 0.2) is 0 Å². The summed E-state index contributed by atoms with van der Waals surface area (Å²) in [6.45, 7) is 8.52. The van der Waals surface area contributed by atoms with Crippen molar-refractivity contribution >= 4 is 5.97 Å². The van der Waals surface area contributed by atoms with Crippen molar-refractivity contribution in [3.63, 3.8) is 0 Å². The zero-order valence-electron chi connectivity index (χ0n) is 21.2. The van der Waals surface area contributed by atoms with E-state index in [-0.39, 0.29) is 0 Å². The molecule has 0 aromatic carbocycles. The third kappa shape index (κ3) is 31.7. The standard InChI is InChI=1S/C16H32O.C8H16O2.C3H6O/c1-2-3-4-5-6-7-8-9-10-11-12-13-14-16-15-17-16;1-2-3-4-5-6-7-8(9)10;1-3-2-4-3/h16H,2-15H2,1H3;2-7H2,1H3,(H,9,10);3H,2H2,1H3. The summed E-state index contributed by atoms with van der Waals surface area (Å²) in [4.78, 5) is 10.0. The summed E-state index contributed by atoms with van der Waals surface area (Å²) in [5, 5.41) is 8.27. The Hall–Kier alpha value is -0.610. The number of carboxylic acids is 1. The molecule has 2 rings (SSSR count). The van der Waals surface area contributed by atoms with Crippen molar-refractivity contribution in [2.24, 2.45) is 0 Å². The molecule has 2 atom stereocenters. The Kier molecular flexibility index (Phi) is 23.6. The molecule has 2 saturated heterocycles. The molecule has 2 unspecified atom stereocenters. The van der Waals surface area contributed by atoms with E-state index in [0.29, 0.717) is 18.6 Å². The van der Waals surface area contributed by atoms with Gasteiger partial charge in [0.05, 0.1) is 25.4 Å². The molecular formula is C27H54O4. The number of aliphatic carboxylic acids is 1. The SMILES string of the molecule is CC1CO1.CCCCCCCC(=O)O.CCCCCCCCCCCCCCC1CO1. The first-order valence-electron chi connectivity index (χ1n) is 13.5. The molecule has 0 amide bonds. The molecule has 2 heterocycles. The van der Waals surface area contributed by atoms with Crippen LogP contribution in [-0.2, 0) is 14.3 Å². The molecule has 0 aromatic heterocycles. The van der Waals surface area contributed by atoms with Crippen molar-refractivity contribution in [2.45, 2.75) is 155 Å². The molecule has 4 heteroatoms. The van der Waals surface area contributed by atoms with Gasteiger partial charge in [-0.1, -0.05) is 117 Å². The smallest absolute Gasteiger partial charge is 0.303 e. The van der Waals surface area contributed by atoms with E-state index in [4.69, 9.17) is 14.6 Å². The Morgan fingerprint density at radius 2 is 1.03 bits per heavy atom. The third-order valence-corrected chi connectivity index (χ3v) is 5.78.